The van der Waals surface area contributed by atoms with E-state index in [0.29, 0.717) is 18.5 Å². The van der Waals surface area contributed by atoms with E-state index in [1.54, 1.807) is 0 Å². The average molecular weight is 427 g/mol. The van der Waals surface area contributed by atoms with Gasteiger partial charge in [0, 0.05) is 24.2 Å². The number of amides is 2. The lowest BCUT2D eigenvalue weighted by Crippen LogP contribution is -2.25. The molecular formula is C26H26N4O2. The van der Waals surface area contributed by atoms with Gasteiger partial charge >= 0.3 is 0 Å². The fourth-order valence-corrected chi connectivity index (χ4v) is 3.70. The van der Waals surface area contributed by atoms with Crippen LogP contribution in [0.2, 0.25) is 0 Å². The first-order chi connectivity index (χ1) is 15.6. The Morgan fingerprint density at radius 1 is 0.938 bits per heavy atom. The first kappa shape index (κ1) is 21.3. The Bertz CT molecular complexity index is 1230. The number of carbonyl (C=O) groups excluding carboxylic acids is 2. The van der Waals surface area contributed by atoms with Crippen molar-refractivity contribution in [3.63, 3.8) is 0 Å². The van der Waals surface area contributed by atoms with E-state index in [2.05, 4.69) is 10.6 Å². The van der Waals surface area contributed by atoms with Gasteiger partial charge in [-0.25, -0.2) is 4.98 Å². The largest absolute Gasteiger partial charge is 0.352 e. The van der Waals surface area contributed by atoms with E-state index in [0.717, 1.165) is 34.5 Å². The Morgan fingerprint density at radius 2 is 1.72 bits per heavy atom. The molecule has 0 fully saturated rings. The molecule has 1 aromatic heterocycles. The van der Waals surface area contributed by atoms with E-state index in [9.17, 15) is 9.59 Å². The number of anilines is 1. The van der Waals surface area contributed by atoms with Gasteiger partial charge < -0.3 is 15.2 Å². The number of para-hydroxylation sites is 3. The molecule has 2 N–H and O–H groups in total. The van der Waals surface area contributed by atoms with Crippen molar-refractivity contribution in [3.8, 4) is 0 Å². The highest BCUT2D eigenvalue weighted by Gasteiger charge is 2.14. The van der Waals surface area contributed by atoms with Gasteiger partial charge in [-0.15, -0.1) is 0 Å². The number of nitrogens with one attached hydrogen (secondary N) is 2. The van der Waals surface area contributed by atoms with Gasteiger partial charge in [-0.05, 0) is 49.7 Å². The first-order valence-corrected chi connectivity index (χ1v) is 10.7. The van der Waals surface area contributed by atoms with Crippen LogP contribution < -0.4 is 10.6 Å². The lowest BCUT2D eigenvalue weighted by atomic mass is 10.1. The van der Waals surface area contributed by atoms with Crippen LogP contribution in [0.25, 0.3) is 11.0 Å². The smallest absolute Gasteiger partial charge is 0.251 e. The minimum absolute atomic E-state index is 0.0792. The molecule has 0 unspecified atom stereocenters. The molecule has 6 heteroatoms. The van der Waals surface area contributed by atoms with Gasteiger partial charge in [0.1, 0.15) is 12.4 Å². The molecule has 0 spiro atoms. The normalized spacial score (nSPS) is 10.8. The molecule has 32 heavy (non-hydrogen) atoms. The van der Waals surface area contributed by atoms with Crippen LogP contribution in [-0.4, -0.2) is 27.9 Å². The summed E-state index contributed by atoms with van der Waals surface area (Å²) in [6.07, 6.45) is 1.38. The molecule has 0 aliphatic rings. The van der Waals surface area contributed by atoms with Crippen molar-refractivity contribution in [1.29, 1.82) is 0 Å². The number of rotatable bonds is 8. The molecule has 0 saturated heterocycles. The minimum Gasteiger partial charge on any atom is -0.352 e. The molecule has 2 amide bonds. The van der Waals surface area contributed by atoms with Crippen LogP contribution >= 0.6 is 0 Å². The number of fused-ring (bicyclic) bond motifs is 1. The fraction of sp³-hybridized carbons (Fsp3) is 0.192. The number of imidazole rings is 1. The maximum atomic E-state index is 12.7. The molecular weight excluding hydrogens is 400 g/mol. The summed E-state index contributed by atoms with van der Waals surface area (Å²) in [6, 6.07) is 24.8. The Balaban J connectivity index is 1.41. The average Bonchev–Trinajstić information content (AvgIpc) is 3.14. The molecule has 4 aromatic rings. The summed E-state index contributed by atoms with van der Waals surface area (Å²) >= 11 is 0. The van der Waals surface area contributed by atoms with Crippen LogP contribution in [0.1, 0.15) is 28.2 Å². The second kappa shape index (κ2) is 9.92. The number of aryl methyl sites for hydroxylation is 2. The van der Waals surface area contributed by atoms with E-state index in [4.69, 9.17) is 4.98 Å². The van der Waals surface area contributed by atoms with E-state index in [1.165, 1.54) is 0 Å². The maximum absolute atomic E-state index is 12.7. The van der Waals surface area contributed by atoms with Crippen LogP contribution in [0.3, 0.4) is 0 Å². The Hall–Kier alpha value is -3.93. The molecule has 0 saturated carbocycles. The lowest BCUT2D eigenvalue weighted by molar-refractivity contribution is -0.116. The van der Waals surface area contributed by atoms with Crippen LogP contribution in [0.4, 0.5) is 5.69 Å². The summed E-state index contributed by atoms with van der Waals surface area (Å²) in [4.78, 5) is 29.7. The van der Waals surface area contributed by atoms with Crippen molar-refractivity contribution in [3.05, 3.63) is 95.8 Å². The number of carbonyl (C=O) groups is 2. The van der Waals surface area contributed by atoms with Gasteiger partial charge in [-0.2, -0.15) is 0 Å². The molecule has 3 aromatic carbocycles. The topological polar surface area (TPSA) is 76.0 Å². The van der Waals surface area contributed by atoms with Crippen LogP contribution in [0.5, 0.6) is 0 Å². The quantitative estimate of drug-likeness (QED) is 0.412. The number of nitrogens with zero attached hydrogens (tertiary/aromatic N) is 2. The first-order valence-electron chi connectivity index (χ1n) is 10.7. The molecule has 0 bridgehead atoms. The van der Waals surface area contributed by atoms with Crippen molar-refractivity contribution >= 4 is 28.5 Å². The molecule has 6 nitrogen and oxygen atoms in total. The molecule has 1 heterocycles. The number of hydrogen-bond donors (Lipinski definition) is 2. The Labute approximate surface area is 187 Å². The molecule has 162 valence electrons. The zero-order valence-electron chi connectivity index (χ0n) is 18.0. The summed E-state index contributed by atoms with van der Waals surface area (Å²) in [5, 5.41) is 5.90. The SMILES string of the molecule is Cc1cccc(C(=O)NCCCc2nc3ccccc3n2CC(=O)Nc2ccccc2)c1. The standard InChI is InChI=1S/C26H26N4O2/c1-19-9-7-10-20(17-19)26(32)27-16-8-15-24-29-22-13-5-6-14-23(22)30(24)18-25(31)28-21-11-3-2-4-12-21/h2-7,9-14,17H,8,15-16,18H2,1H3,(H,27,32)(H,28,31). The van der Waals surface area contributed by atoms with Gasteiger partial charge in [-0.3, -0.25) is 9.59 Å². The zero-order chi connectivity index (χ0) is 22.3. The van der Waals surface area contributed by atoms with Gasteiger partial charge in [0.05, 0.1) is 11.0 Å². The number of aromatic nitrogens is 2. The number of hydrogen-bond acceptors (Lipinski definition) is 3. The van der Waals surface area contributed by atoms with E-state index < -0.39 is 0 Å². The van der Waals surface area contributed by atoms with E-state index >= 15 is 0 Å². The summed E-state index contributed by atoms with van der Waals surface area (Å²) in [7, 11) is 0. The van der Waals surface area contributed by atoms with E-state index in [-0.39, 0.29) is 18.4 Å². The monoisotopic (exact) mass is 426 g/mol. The molecule has 0 radical (unpaired) electrons. The van der Waals surface area contributed by atoms with Gasteiger partial charge in [-0.1, -0.05) is 48.0 Å². The second-order valence-corrected chi connectivity index (χ2v) is 7.75. The Kier molecular flexibility index (Phi) is 6.60. The van der Waals surface area contributed by atoms with Gasteiger partial charge in [0.15, 0.2) is 0 Å². The van der Waals surface area contributed by atoms with Crippen molar-refractivity contribution in [2.24, 2.45) is 0 Å². The highest BCUT2D eigenvalue weighted by atomic mass is 16.2. The van der Waals surface area contributed by atoms with Gasteiger partial charge in [0.2, 0.25) is 5.91 Å². The molecule has 0 aliphatic carbocycles. The van der Waals surface area contributed by atoms with Crippen LogP contribution in [0.15, 0.2) is 78.9 Å². The Morgan fingerprint density at radius 3 is 2.53 bits per heavy atom. The van der Waals surface area contributed by atoms with Crippen molar-refractivity contribution in [1.82, 2.24) is 14.9 Å². The zero-order valence-corrected chi connectivity index (χ0v) is 18.0. The predicted octanol–water partition coefficient (Wildman–Crippen LogP) is 4.35. The predicted molar refractivity (Wildman–Crippen MR) is 127 cm³/mol. The van der Waals surface area contributed by atoms with E-state index in [1.807, 2.05) is 90.4 Å². The van der Waals surface area contributed by atoms with Crippen molar-refractivity contribution < 1.29 is 9.59 Å². The highest BCUT2D eigenvalue weighted by Crippen LogP contribution is 2.18. The van der Waals surface area contributed by atoms with Crippen LogP contribution in [0, 0.1) is 6.92 Å². The van der Waals surface area contributed by atoms with Crippen molar-refractivity contribution in [2.45, 2.75) is 26.3 Å². The third kappa shape index (κ3) is 5.21. The van der Waals surface area contributed by atoms with Crippen LogP contribution in [-0.2, 0) is 17.8 Å². The lowest BCUT2D eigenvalue weighted by Gasteiger charge is -2.11. The molecule has 4 rings (SSSR count). The molecule has 0 atom stereocenters. The highest BCUT2D eigenvalue weighted by molar-refractivity contribution is 5.94. The second-order valence-electron chi connectivity index (χ2n) is 7.75. The summed E-state index contributed by atoms with van der Waals surface area (Å²) in [6.45, 7) is 2.68. The van der Waals surface area contributed by atoms with Crippen molar-refractivity contribution in [2.75, 3.05) is 11.9 Å². The summed E-state index contributed by atoms with van der Waals surface area (Å²) < 4.78 is 1.95. The molecule has 0 aliphatic heterocycles. The third-order valence-electron chi connectivity index (χ3n) is 5.24. The van der Waals surface area contributed by atoms with Gasteiger partial charge in [0.25, 0.3) is 5.91 Å². The number of benzene rings is 3. The summed E-state index contributed by atoms with van der Waals surface area (Å²) in [5.74, 6) is 0.650. The maximum Gasteiger partial charge on any atom is 0.251 e. The fourth-order valence-electron chi connectivity index (χ4n) is 3.70. The summed E-state index contributed by atoms with van der Waals surface area (Å²) in [5.41, 5.74) is 4.27. The third-order valence-corrected chi connectivity index (χ3v) is 5.24. The minimum atomic E-state index is -0.103.